The summed E-state index contributed by atoms with van der Waals surface area (Å²) in [7, 11) is 1.72. The van der Waals surface area contributed by atoms with E-state index in [0.29, 0.717) is 5.82 Å². The van der Waals surface area contributed by atoms with Crippen molar-refractivity contribution >= 4 is 21.9 Å². The molecule has 0 aliphatic heterocycles. The molecule has 0 N–H and O–H groups in total. The van der Waals surface area contributed by atoms with Crippen LogP contribution in [0.5, 0.6) is 0 Å². The molecule has 3 atom stereocenters. The van der Waals surface area contributed by atoms with Crippen LogP contribution in [0.3, 0.4) is 0 Å². The molecule has 6 nitrogen and oxygen atoms in total. The van der Waals surface area contributed by atoms with Gasteiger partial charge in [-0.3, -0.25) is 4.79 Å². The number of nitrogens with zero attached hydrogens (tertiary/aromatic N) is 4. The number of benzene rings is 1. The summed E-state index contributed by atoms with van der Waals surface area (Å²) < 4.78 is 8.01. The average Bonchev–Trinajstić information content (AvgIpc) is 3.14. The number of ether oxygens (including phenoxy) is 1. The maximum Gasteiger partial charge on any atom is 0.310 e. The van der Waals surface area contributed by atoms with Crippen LogP contribution in [0, 0.1) is 5.92 Å². The zero-order valence-corrected chi connectivity index (χ0v) is 13.3. The van der Waals surface area contributed by atoms with Crippen molar-refractivity contribution in [2.24, 2.45) is 13.0 Å². The van der Waals surface area contributed by atoms with Crippen molar-refractivity contribution in [2.75, 3.05) is 0 Å². The van der Waals surface area contributed by atoms with Gasteiger partial charge >= 0.3 is 5.97 Å². The summed E-state index contributed by atoms with van der Waals surface area (Å²) in [6.07, 6.45) is 0.397. The van der Waals surface area contributed by atoms with Crippen molar-refractivity contribution in [3.8, 4) is 0 Å². The first-order valence-electron chi connectivity index (χ1n) is 6.74. The highest BCUT2D eigenvalue weighted by Gasteiger charge is 2.45. The quantitative estimate of drug-likeness (QED) is 0.791. The molecule has 1 aliphatic carbocycles. The summed E-state index contributed by atoms with van der Waals surface area (Å²) in [6, 6.07) is 8.06. The molecule has 1 aromatic heterocycles. The molecule has 0 amide bonds. The van der Waals surface area contributed by atoms with E-state index in [9.17, 15) is 4.79 Å². The van der Waals surface area contributed by atoms with Crippen LogP contribution >= 0.6 is 15.9 Å². The summed E-state index contributed by atoms with van der Waals surface area (Å²) in [5, 5.41) is 11.1. The van der Waals surface area contributed by atoms with Crippen molar-refractivity contribution in [1.29, 1.82) is 0 Å². The van der Waals surface area contributed by atoms with E-state index in [1.165, 1.54) is 10.2 Å². The van der Waals surface area contributed by atoms with Gasteiger partial charge in [-0.1, -0.05) is 28.1 Å². The summed E-state index contributed by atoms with van der Waals surface area (Å²) in [5.41, 5.74) is 1.17. The second-order valence-corrected chi connectivity index (χ2v) is 6.16. The first-order valence-corrected chi connectivity index (χ1v) is 7.53. The number of carbonyl (C=O) groups is 1. The zero-order valence-electron chi connectivity index (χ0n) is 11.7. The lowest BCUT2D eigenvalue weighted by Gasteiger charge is -2.11. The second kappa shape index (κ2) is 5.55. The maximum absolute atomic E-state index is 12.2. The van der Waals surface area contributed by atoms with E-state index < -0.39 is 6.10 Å². The predicted molar refractivity (Wildman–Crippen MR) is 78.3 cm³/mol. The minimum absolute atomic E-state index is 0.0604. The highest BCUT2D eigenvalue weighted by Crippen LogP contribution is 2.48. The molecule has 1 aliphatic rings. The zero-order chi connectivity index (χ0) is 15.0. The molecular weight excluding hydrogens is 336 g/mol. The van der Waals surface area contributed by atoms with Crippen molar-refractivity contribution < 1.29 is 9.53 Å². The molecule has 1 heterocycles. The van der Waals surface area contributed by atoms with Gasteiger partial charge in [0.2, 0.25) is 0 Å². The van der Waals surface area contributed by atoms with Gasteiger partial charge in [0.05, 0.1) is 5.92 Å². The summed E-state index contributed by atoms with van der Waals surface area (Å²) in [5.74, 6) is 0.563. The Bertz CT molecular complexity index is 655. The largest absolute Gasteiger partial charge is 0.454 e. The Morgan fingerprint density at radius 2 is 2.14 bits per heavy atom. The molecule has 1 fully saturated rings. The van der Waals surface area contributed by atoms with Gasteiger partial charge < -0.3 is 4.74 Å². The Morgan fingerprint density at radius 3 is 2.76 bits per heavy atom. The normalized spacial score (nSPS) is 21.9. The molecule has 21 heavy (non-hydrogen) atoms. The van der Waals surface area contributed by atoms with Crippen molar-refractivity contribution in [3.05, 3.63) is 40.1 Å². The topological polar surface area (TPSA) is 69.9 Å². The average molecular weight is 351 g/mol. The smallest absolute Gasteiger partial charge is 0.310 e. The molecule has 0 bridgehead atoms. The third-order valence-corrected chi connectivity index (χ3v) is 4.23. The fourth-order valence-corrected chi connectivity index (χ4v) is 2.69. The van der Waals surface area contributed by atoms with Crippen LogP contribution in [0.25, 0.3) is 0 Å². The number of esters is 1. The number of rotatable bonds is 4. The SMILES string of the molecule is CC(OC(=O)[C@@H]1C[C@H]1c1ccc(Br)cc1)c1nnnn1C. The van der Waals surface area contributed by atoms with Gasteiger partial charge in [-0.2, -0.15) is 0 Å². The molecule has 1 aromatic carbocycles. The standard InChI is InChI=1S/C14H15BrN4O2/c1-8(13-16-17-18-19(13)2)21-14(20)12-7-11(12)9-3-5-10(15)6-4-9/h3-6,8,11-12H,7H2,1-2H3/t8?,11-,12+/m0/s1. The number of halogens is 1. The van der Waals surface area contributed by atoms with E-state index in [0.717, 1.165) is 10.9 Å². The molecule has 2 aromatic rings. The second-order valence-electron chi connectivity index (χ2n) is 5.24. The van der Waals surface area contributed by atoms with Crippen LogP contribution < -0.4 is 0 Å². The first kappa shape index (κ1) is 14.2. The van der Waals surface area contributed by atoms with Gasteiger partial charge in [0.25, 0.3) is 0 Å². The number of aromatic nitrogens is 4. The van der Waals surface area contributed by atoms with Gasteiger partial charge in [0, 0.05) is 11.5 Å². The Balaban J connectivity index is 1.60. The van der Waals surface area contributed by atoms with E-state index in [2.05, 4.69) is 31.5 Å². The van der Waals surface area contributed by atoms with Gasteiger partial charge in [-0.05, 0) is 47.4 Å². The van der Waals surface area contributed by atoms with Crippen LogP contribution in [0.2, 0.25) is 0 Å². The minimum atomic E-state index is -0.441. The lowest BCUT2D eigenvalue weighted by atomic mass is 10.1. The maximum atomic E-state index is 12.2. The van der Waals surface area contributed by atoms with Crippen molar-refractivity contribution in [2.45, 2.75) is 25.4 Å². The number of hydrogen-bond donors (Lipinski definition) is 0. The highest BCUT2D eigenvalue weighted by molar-refractivity contribution is 9.10. The fourth-order valence-electron chi connectivity index (χ4n) is 2.43. The molecular formula is C14H15BrN4O2. The molecule has 7 heteroatoms. The Morgan fingerprint density at radius 1 is 1.43 bits per heavy atom. The molecule has 0 radical (unpaired) electrons. The summed E-state index contributed by atoms with van der Waals surface area (Å²) in [6.45, 7) is 1.78. The molecule has 0 spiro atoms. The Labute approximate surface area is 130 Å². The number of carbonyl (C=O) groups excluding carboxylic acids is 1. The van der Waals surface area contributed by atoms with E-state index in [4.69, 9.17) is 4.74 Å². The van der Waals surface area contributed by atoms with E-state index in [1.807, 2.05) is 24.3 Å². The van der Waals surface area contributed by atoms with Crippen LogP contribution in [-0.4, -0.2) is 26.2 Å². The monoisotopic (exact) mass is 350 g/mol. The Kier molecular flexibility index (Phi) is 3.75. The predicted octanol–water partition coefficient (Wildman–Crippen LogP) is 2.38. The third-order valence-electron chi connectivity index (χ3n) is 3.70. The van der Waals surface area contributed by atoms with E-state index >= 15 is 0 Å². The van der Waals surface area contributed by atoms with Crippen LogP contribution in [0.1, 0.15) is 36.8 Å². The summed E-state index contributed by atoms with van der Waals surface area (Å²) in [4.78, 5) is 12.2. The molecule has 3 rings (SSSR count). The number of hydrogen-bond acceptors (Lipinski definition) is 5. The van der Waals surface area contributed by atoms with Crippen LogP contribution in [-0.2, 0) is 16.6 Å². The third kappa shape index (κ3) is 2.97. The van der Waals surface area contributed by atoms with E-state index in [1.54, 1.807) is 14.0 Å². The minimum Gasteiger partial charge on any atom is -0.454 e. The lowest BCUT2D eigenvalue weighted by Crippen LogP contribution is -2.14. The van der Waals surface area contributed by atoms with Crippen LogP contribution in [0.15, 0.2) is 28.7 Å². The van der Waals surface area contributed by atoms with Crippen LogP contribution in [0.4, 0.5) is 0 Å². The van der Waals surface area contributed by atoms with Gasteiger partial charge in [-0.15, -0.1) is 5.10 Å². The van der Waals surface area contributed by atoms with E-state index in [-0.39, 0.29) is 17.8 Å². The molecule has 0 saturated heterocycles. The fraction of sp³-hybridized carbons (Fsp3) is 0.429. The number of tetrazole rings is 1. The number of aryl methyl sites for hydroxylation is 1. The first-order chi connectivity index (χ1) is 10.1. The van der Waals surface area contributed by atoms with Gasteiger partial charge in [0.1, 0.15) is 0 Å². The Hall–Kier alpha value is -1.76. The van der Waals surface area contributed by atoms with Crippen molar-refractivity contribution in [3.63, 3.8) is 0 Å². The van der Waals surface area contributed by atoms with Gasteiger partial charge in [-0.25, -0.2) is 4.68 Å². The van der Waals surface area contributed by atoms with Gasteiger partial charge in [0.15, 0.2) is 11.9 Å². The van der Waals surface area contributed by atoms with Crippen molar-refractivity contribution in [1.82, 2.24) is 20.2 Å². The molecule has 1 unspecified atom stereocenters. The summed E-state index contributed by atoms with van der Waals surface area (Å²) >= 11 is 3.41. The molecule has 1 saturated carbocycles. The highest BCUT2D eigenvalue weighted by atomic mass is 79.9. The molecule has 110 valence electrons. The lowest BCUT2D eigenvalue weighted by molar-refractivity contribution is -0.150.